The van der Waals surface area contributed by atoms with Gasteiger partial charge in [0.15, 0.2) is 17.5 Å². The van der Waals surface area contributed by atoms with Crippen LogP contribution in [0.5, 0.6) is 0 Å². The standard InChI is InChI=1S/C12H10F3NS/c1-16-12(10-3-2-4-17-10)7-5-8(13)11(15)9(14)6-7/h2-6,12,16H,1H3. The summed E-state index contributed by atoms with van der Waals surface area (Å²) in [6.45, 7) is 0. The molecule has 1 N–H and O–H groups in total. The Balaban J connectivity index is 2.45. The summed E-state index contributed by atoms with van der Waals surface area (Å²) in [5.74, 6) is -3.77. The predicted molar refractivity (Wildman–Crippen MR) is 61.5 cm³/mol. The van der Waals surface area contributed by atoms with E-state index < -0.39 is 17.5 Å². The van der Waals surface area contributed by atoms with Crippen molar-refractivity contribution in [2.45, 2.75) is 6.04 Å². The molecule has 2 rings (SSSR count). The quantitative estimate of drug-likeness (QED) is 0.830. The van der Waals surface area contributed by atoms with Crippen molar-refractivity contribution >= 4 is 11.3 Å². The lowest BCUT2D eigenvalue weighted by Gasteiger charge is -2.15. The van der Waals surface area contributed by atoms with Crippen LogP contribution in [0.1, 0.15) is 16.5 Å². The van der Waals surface area contributed by atoms with Crippen LogP contribution in [0.4, 0.5) is 13.2 Å². The van der Waals surface area contributed by atoms with Crippen LogP contribution in [0.2, 0.25) is 0 Å². The molecule has 0 aliphatic rings. The number of nitrogens with one attached hydrogen (secondary N) is 1. The first-order valence-corrected chi connectivity index (χ1v) is 5.86. The van der Waals surface area contributed by atoms with Crippen molar-refractivity contribution in [1.82, 2.24) is 5.32 Å². The van der Waals surface area contributed by atoms with E-state index >= 15 is 0 Å². The highest BCUT2D eigenvalue weighted by Gasteiger charge is 2.18. The van der Waals surface area contributed by atoms with E-state index in [-0.39, 0.29) is 6.04 Å². The lowest BCUT2D eigenvalue weighted by atomic mass is 10.0. The summed E-state index contributed by atoms with van der Waals surface area (Å²) < 4.78 is 39.1. The third-order valence-corrected chi connectivity index (χ3v) is 3.39. The van der Waals surface area contributed by atoms with Crippen LogP contribution in [-0.4, -0.2) is 7.05 Å². The van der Waals surface area contributed by atoms with E-state index in [1.165, 1.54) is 11.3 Å². The van der Waals surface area contributed by atoms with Crippen LogP contribution in [0, 0.1) is 17.5 Å². The Hall–Kier alpha value is -1.33. The minimum atomic E-state index is -1.44. The molecule has 2 aromatic rings. The molecule has 0 bridgehead atoms. The van der Waals surface area contributed by atoms with E-state index in [0.29, 0.717) is 5.56 Å². The lowest BCUT2D eigenvalue weighted by Crippen LogP contribution is -2.17. The molecule has 17 heavy (non-hydrogen) atoms. The van der Waals surface area contributed by atoms with Gasteiger partial charge in [-0.15, -0.1) is 11.3 Å². The van der Waals surface area contributed by atoms with Gasteiger partial charge in [-0.2, -0.15) is 0 Å². The fraction of sp³-hybridized carbons (Fsp3) is 0.167. The van der Waals surface area contributed by atoms with Gasteiger partial charge in [0.2, 0.25) is 0 Å². The van der Waals surface area contributed by atoms with Gasteiger partial charge in [0.25, 0.3) is 0 Å². The maximum atomic E-state index is 13.1. The number of halogens is 3. The molecule has 0 spiro atoms. The van der Waals surface area contributed by atoms with E-state index in [1.54, 1.807) is 7.05 Å². The topological polar surface area (TPSA) is 12.0 Å². The van der Waals surface area contributed by atoms with Crippen LogP contribution in [0.25, 0.3) is 0 Å². The highest BCUT2D eigenvalue weighted by atomic mass is 32.1. The number of hydrogen-bond acceptors (Lipinski definition) is 2. The van der Waals surface area contributed by atoms with Crippen LogP contribution < -0.4 is 5.32 Å². The second kappa shape index (κ2) is 4.89. The molecule has 90 valence electrons. The molecule has 0 amide bonds. The molecule has 1 unspecified atom stereocenters. The summed E-state index contributed by atoms with van der Waals surface area (Å²) in [4.78, 5) is 0.915. The van der Waals surface area contributed by atoms with Crippen molar-refractivity contribution in [3.8, 4) is 0 Å². The van der Waals surface area contributed by atoms with Gasteiger partial charge in [0.1, 0.15) is 0 Å². The van der Waals surface area contributed by atoms with Crippen molar-refractivity contribution in [2.75, 3.05) is 7.05 Å². The second-order valence-electron chi connectivity index (χ2n) is 3.54. The molecule has 1 nitrogen and oxygen atoms in total. The summed E-state index contributed by atoms with van der Waals surface area (Å²) >= 11 is 1.47. The third-order valence-electron chi connectivity index (χ3n) is 2.46. The van der Waals surface area contributed by atoms with E-state index in [9.17, 15) is 13.2 Å². The number of benzene rings is 1. The number of hydrogen-bond donors (Lipinski definition) is 1. The Morgan fingerprint density at radius 3 is 2.29 bits per heavy atom. The normalized spacial score (nSPS) is 12.7. The Morgan fingerprint density at radius 2 is 1.82 bits per heavy atom. The van der Waals surface area contributed by atoms with E-state index in [0.717, 1.165) is 17.0 Å². The van der Waals surface area contributed by atoms with Crippen molar-refractivity contribution in [2.24, 2.45) is 0 Å². The molecule has 0 fully saturated rings. The molecule has 0 aliphatic carbocycles. The average molecular weight is 257 g/mol. The van der Waals surface area contributed by atoms with Crippen molar-refractivity contribution in [3.63, 3.8) is 0 Å². The molecule has 0 radical (unpaired) electrons. The summed E-state index contributed by atoms with van der Waals surface area (Å²) in [7, 11) is 1.68. The van der Waals surface area contributed by atoms with Gasteiger partial charge in [-0.05, 0) is 36.2 Å². The monoisotopic (exact) mass is 257 g/mol. The Labute approximate surface area is 101 Å². The molecular formula is C12H10F3NS. The predicted octanol–water partition coefficient (Wildman–Crippen LogP) is 3.47. The first kappa shape index (κ1) is 12.1. The fourth-order valence-electron chi connectivity index (χ4n) is 1.67. The van der Waals surface area contributed by atoms with Crippen molar-refractivity contribution in [1.29, 1.82) is 0 Å². The van der Waals surface area contributed by atoms with Crippen LogP contribution in [-0.2, 0) is 0 Å². The maximum Gasteiger partial charge on any atom is 0.194 e. The zero-order valence-electron chi connectivity index (χ0n) is 9.01. The Kier molecular flexibility index (Phi) is 3.49. The fourth-order valence-corrected chi connectivity index (χ4v) is 2.53. The average Bonchev–Trinajstić information content (AvgIpc) is 2.80. The zero-order valence-corrected chi connectivity index (χ0v) is 9.82. The van der Waals surface area contributed by atoms with E-state index in [4.69, 9.17) is 0 Å². The molecule has 5 heteroatoms. The molecule has 1 heterocycles. The van der Waals surface area contributed by atoms with Crippen molar-refractivity contribution < 1.29 is 13.2 Å². The van der Waals surface area contributed by atoms with Gasteiger partial charge in [0.05, 0.1) is 6.04 Å². The molecule has 0 aliphatic heterocycles. The first-order chi connectivity index (χ1) is 8.13. The summed E-state index contributed by atoms with van der Waals surface area (Å²) in [5, 5.41) is 4.82. The van der Waals surface area contributed by atoms with Gasteiger partial charge in [-0.3, -0.25) is 0 Å². The molecular weight excluding hydrogens is 247 g/mol. The summed E-state index contributed by atoms with van der Waals surface area (Å²) in [6, 6.07) is 5.39. The van der Waals surface area contributed by atoms with Crippen molar-refractivity contribution in [3.05, 3.63) is 57.5 Å². The first-order valence-electron chi connectivity index (χ1n) is 4.98. The molecule has 1 atom stereocenters. The smallest absolute Gasteiger partial charge is 0.194 e. The molecule has 1 aromatic heterocycles. The minimum Gasteiger partial charge on any atom is -0.309 e. The van der Waals surface area contributed by atoms with E-state index in [1.807, 2.05) is 17.5 Å². The Bertz CT molecular complexity index is 487. The maximum absolute atomic E-state index is 13.1. The number of rotatable bonds is 3. The van der Waals surface area contributed by atoms with E-state index in [2.05, 4.69) is 5.32 Å². The molecule has 0 saturated heterocycles. The highest BCUT2D eigenvalue weighted by Crippen LogP contribution is 2.27. The Morgan fingerprint density at radius 1 is 1.18 bits per heavy atom. The highest BCUT2D eigenvalue weighted by molar-refractivity contribution is 7.10. The molecule has 0 saturated carbocycles. The third kappa shape index (κ3) is 2.35. The van der Waals surface area contributed by atoms with Gasteiger partial charge < -0.3 is 5.32 Å². The second-order valence-corrected chi connectivity index (χ2v) is 4.51. The van der Waals surface area contributed by atoms with Gasteiger partial charge in [0, 0.05) is 4.88 Å². The number of thiophene rings is 1. The van der Waals surface area contributed by atoms with Crippen LogP contribution >= 0.6 is 11.3 Å². The molecule has 1 aromatic carbocycles. The minimum absolute atomic E-state index is 0.334. The summed E-state index contributed by atoms with van der Waals surface area (Å²) in [5.41, 5.74) is 0.367. The van der Waals surface area contributed by atoms with Gasteiger partial charge >= 0.3 is 0 Å². The summed E-state index contributed by atoms with van der Waals surface area (Å²) in [6.07, 6.45) is 0. The largest absolute Gasteiger partial charge is 0.309 e. The lowest BCUT2D eigenvalue weighted by molar-refractivity contribution is 0.443. The SMILES string of the molecule is CNC(c1cc(F)c(F)c(F)c1)c1cccs1. The van der Waals surface area contributed by atoms with Gasteiger partial charge in [-0.1, -0.05) is 6.07 Å². The van der Waals surface area contributed by atoms with Gasteiger partial charge in [-0.25, -0.2) is 13.2 Å². The van der Waals surface area contributed by atoms with Crippen LogP contribution in [0.3, 0.4) is 0 Å². The zero-order chi connectivity index (χ0) is 12.4. The van der Waals surface area contributed by atoms with Crippen LogP contribution in [0.15, 0.2) is 29.6 Å².